The van der Waals surface area contributed by atoms with Crippen LogP contribution in [0.4, 0.5) is 0 Å². The molecule has 3 unspecified atom stereocenters. The van der Waals surface area contributed by atoms with Crippen molar-refractivity contribution < 1.29 is 0 Å². The summed E-state index contributed by atoms with van der Waals surface area (Å²) < 4.78 is 3.33. The van der Waals surface area contributed by atoms with Crippen molar-refractivity contribution in [2.45, 2.75) is 70.2 Å². The summed E-state index contributed by atoms with van der Waals surface area (Å²) in [5.74, 6) is 1.49. The molecule has 0 spiro atoms. The van der Waals surface area contributed by atoms with Crippen molar-refractivity contribution in [1.29, 1.82) is 0 Å². The molecule has 1 aromatic heterocycles. The van der Waals surface area contributed by atoms with Gasteiger partial charge in [0.05, 0.1) is 16.4 Å². The maximum Gasteiger partial charge on any atom is 0.0635 e. The number of halogens is 2. The average Bonchev–Trinajstić information content (AvgIpc) is 2.71. The van der Waals surface area contributed by atoms with E-state index in [4.69, 9.17) is 0 Å². The largest absolute Gasteiger partial charge is 0.265 e. The Morgan fingerprint density at radius 1 is 1.35 bits per heavy atom. The van der Waals surface area contributed by atoms with E-state index in [1.54, 1.807) is 0 Å². The molecular formula is C16H26Br2N2. The van der Waals surface area contributed by atoms with Crippen LogP contribution in [0, 0.1) is 11.8 Å². The first-order valence-electron chi connectivity index (χ1n) is 7.62. The summed E-state index contributed by atoms with van der Waals surface area (Å²) in [6.07, 6.45) is 5.86. The lowest BCUT2D eigenvalue weighted by Gasteiger charge is -2.42. The minimum Gasteiger partial charge on any atom is -0.265 e. The van der Waals surface area contributed by atoms with E-state index in [1.807, 2.05) is 6.20 Å². The summed E-state index contributed by atoms with van der Waals surface area (Å²) in [6, 6.07) is 0.395. The third kappa shape index (κ3) is 3.01. The van der Waals surface area contributed by atoms with E-state index in [-0.39, 0.29) is 5.41 Å². The van der Waals surface area contributed by atoms with Crippen molar-refractivity contribution in [3.63, 3.8) is 0 Å². The highest BCUT2D eigenvalue weighted by Gasteiger charge is 2.42. The zero-order valence-electron chi connectivity index (χ0n) is 13.2. The van der Waals surface area contributed by atoms with Crippen LogP contribution < -0.4 is 0 Å². The van der Waals surface area contributed by atoms with E-state index in [1.165, 1.54) is 25.0 Å². The molecule has 0 bridgehead atoms. The van der Waals surface area contributed by atoms with Gasteiger partial charge in [-0.3, -0.25) is 4.68 Å². The molecule has 1 fully saturated rings. The van der Waals surface area contributed by atoms with Crippen LogP contribution in [0.1, 0.15) is 65.6 Å². The van der Waals surface area contributed by atoms with Crippen LogP contribution in [0.2, 0.25) is 0 Å². The van der Waals surface area contributed by atoms with Gasteiger partial charge in [0.1, 0.15) is 0 Å². The lowest BCUT2D eigenvalue weighted by atomic mass is 9.67. The number of nitrogens with zero attached hydrogens (tertiary/aromatic N) is 2. The molecular weight excluding hydrogens is 380 g/mol. The molecule has 3 atom stereocenters. The number of alkyl halides is 1. The molecule has 4 heteroatoms. The number of hydrogen-bond acceptors (Lipinski definition) is 1. The van der Waals surface area contributed by atoms with Gasteiger partial charge in [0.2, 0.25) is 0 Å². The Morgan fingerprint density at radius 3 is 2.55 bits per heavy atom. The van der Waals surface area contributed by atoms with Gasteiger partial charge >= 0.3 is 0 Å². The molecule has 0 radical (unpaired) electrons. The highest BCUT2D eigenvalue weighted by Crippen LogP contribution is 2.47. The Hall–Kier alpha value is 0.170. The minimum absolute atomic E-state index is 0.119. The highest BCUT2D eigenvalue weighted by molar-refractivity contribution is 9.10. The first kappa shape index (κ1) is 16.5. The summed E-state index contributed by atoms with van der Waals surface area (Å²) in [7, 11) is 0. The number of rotatable bonds is 3. The van der Waals surface area contributed by atoms with E-state index in [0.29, 0.717) is 16.8 Å². The van der Waals surface area contributed by atoms with Crippen molar-refractivity contribution >= 4 is 31.9 Å². The van der Waals surface area contributed by atoms with Crippen LogP contribution in [-0.4, -0.2) is 14.6 Å². The molecule has 0 amide bonds. The molecule has 1 saturated carbocycles. The average molecular weight is 406 g/mol. The number of hydrogen-bond donors (Lipinski definition) is 0. The molecule has 0 N–H and O–H groups in total. The summed E-state index contributed by atoms with van der Waals surface area (Å²) in [6.45, 7) is 11.5. The van der Waals surface area contributed by atoms with Crippen LogP contribution in [0.3, 0.4) is 0 Å². The van der Waals surface area contributed by atoms with Crippen molar-refractivity contribution in [3.8, 4) is 0 Å². The number of aromatic nitrogens is 2. The van der Waals surface area contributed by atoms with Gasteiger partial charge in [-0.2, -0.15) is 5.10 Å². The fourth-order valence-corrected chi connectivity index (χ4v) is 5.98. The molecule has 1 aliphatic rings. The molecule has 114 valence electrons. The zero-order chi connectivity index (χ0) is 15.1. The van der Waals surface area contributed by atoms with E-state index in [9.17, 15) is 0 Å². The van der Waals surface area contributed by atoms with Gasteiger partial charge in [-0.15, -0.1) is 0 Å². The highest BCUT2D eigenvalue weighted by atomic mass is 79.9. The van der Waals surface area contributed by atoms with Crippen LogP contribution in [-0.2, 0) is 5.41 Å². The minimum atomic E-state index is 0.119. The monoisotopic (exact) mass is 404 g/mol. The Labute approximate surface area is 140 Å². The maximum atomic E-state index is 4.57. The van der Waals surface area contributed by atoms with Crippen molar-refractivity contribution in [2.24, 2.45) is 11.8 Å². The Morgan fingerprint density at radius 2 is 2.00 bits per heavy atom. The molecule has 2 rings (SSSR count). The first-order chi connectivity index (χ1) is 9.25. The van der Waals surface area contributed by atoms with Crippen LogP contribution in [0.5, 0.6) is 0 Å². The zero-order valence-corrected chi connectivity index (χ0v) is 16.3. The summed E-state index contributed by atoms with van der Waals surface area (Å²) in [4.78, 5) is 0.601. The van der Waals surface area contributed by atoms with Crippen molar-refractivity contribution in [1.82, 2.24) is 9.78 Å². The van der Waals surface area contributed by atoms with Gasteiger partial charge in [0, 0.05) is 16.3 Å². The van der Waals surface area contributed by atoms with E-state index in [0.717, 1.165) is 10.4 Å². The smallest absolute Gasteiger partial charge is 0.0635 e. The fourth-order valence-electron chi connectivity index (χ4n) is 3.64. The van der Waals surface area contributed by atoms with Crippen LogP contribution in [0.25, 0.3) is 0 Å². The molecule has 2 nitrogen and oxygen atoms in total. The first-order valence-corrected chi connectivity index (χ1v) is 9.33. The Balaban J connectivity index is 2.37. The molecule has 0 saturated heterocycles. The van der Waals surface area contributed by atoms with Gasteiger partial charge in [-0.25, -0.2) is 0 Å². The van der Waals surface area contributed by atoms with Gasteiger partial charge in [0.15, 0.2) is 0 Å². The SMILES string of the molecule is CC1CCC(C(C)(C)c2c(Br)cnn2C(C)C)C(Br)C1. The second kappa shape index (κ2) is 6.12. The van der Waals surface area contributed by atoms with Crippen molar-refractivity contribution in [3.05, 3.63) is 16.4 Å². The van der Waals surface area contributed by atoms with Gasteiger partial charge < -0.3 is 0 Å². The lowest BCUT2D eigenvalue weighted by molar-refractivity contribution is 0.202. The topological polar surface area (TPSA) is 17.8 Å². The van der Waals surface area contributed by atoms with E-state index in [2.05, 4.69) is 76.3 Å². The normalized spacial score (nSPS) is 28.1. The molecule has 1 heterocycles. The van der Waals surface area contributed by atoms with E-state index >= 15 is 0 Å². The third-order valence-corrected chi connectivity index (χ3v) is 6.40. The molecule has 0 aromatic carbocycles. The second-order valence-electron chi connectivity index (χ2n) is 7.14. The third-order valence-electron chi connectivity index (χ3n) is 4.81. The van der Waals surface area contributed by atoms with Gasteiger partial charge in [-0.1, -0.05) is 43.1 Å². The van der Waals surface area contributed by atoms with Crippen LogP contribution >= 0.6 is 31.9 Å². The molecule has 1 aromatic rings. The van der Waals surface area contributed by atoms with Crippen LogP contribution in [0.15, 0.2) is 10.7 Å². The summed E-state index contributed by atoms with van der Waals surface area (Å²) >= 11 is 7.68. The molecule has 20 heavy (non-hydrogen) atoms. The standard InChI is InChI=1S/C16H26Br2N2/c1-10(2)20-15(14(18)9-19-20)16(4,5)12-7-6-11(3)8-13(12)17/h9-13H,6-8H2,1-5H3. The Kier molecular flexibility index (Phi) is 5.06. The predicted molar refractivity (Wildman–Crippen MR) is 92.6 cm³/mol. The quantitative estimate of drug-likeness (QED) is 0.589. The summed E-state index contributed by atoms with van der Waals surface area (Å²) in [5, 5.41) is 4.57. The fraction of sp³-hybridized carbons (Fsp3) is 0.812. The molecule has 0 aliphatic heterocycles. The maximum absolute atomic E-state index is 4.57. The van der Waals surface area contributed by atoms with Crippen molar-refractivity contribution in [2.75, 3.05) is 0 Å². The van der Waals surface area contributed by atoms with E-state index < -0.39 is 0 Å². The van der Waals surface area contributed by atoms with Gasteiger partial charge in [-0.05, 0) is 54.5 Å². The van der Waals surface area contributed by atoms with Gasteiger partial charge in [0.25, 0.3) is 0 Å². The Bertz CT molecular complexity index is 465. The predicted octanol–water partition coefficient (Wildman–Crippen LogP) is 5.70. The second-order valence-corrected chi connectivity index (χ2v) is 9.17. The summed E-state index contributed by atoms with van der Waals surface area (Å²) in [5.41, 5.74) is 1.46. The molecule has 1 aliphatic carbocycles. The lowest BCUT2D eigenvalue weighted by Crippen LogP contribution is -2.40.